The largest absolute Gasteiger partial charge is 0.290 e. The van der Waals surface area contributed by atoms with E-state index in [0.29, 0.717) is 6.42 Å². The van der Waals surface area contributed by atoms with Crippen LogP contribution in [0.3, 0.4) is 0 Å². The molecule has 0 amide bonds. The second kappa shape index (κ2) is 4.84. The van der Waals surface area contributed by atoms with Crippen molar-refractivity contribution in [1.29, 1.82) is 0 Å². The van der Waals surface area contributed by atoms with Crippen LogP contribution in [0.4, 0.5) is 0 Å². The minimum Gasteiger partial charge on any atom is -0.290 e. The zero-order valence-corrected chi connectivity index (χ0v) is 11.0. The van der Waals surface area contributed by atoms with E-state index in [-0.39, 0.29) is 11.6 Å². The summed E-state index contributed by atoms with van der Waals surface area (Å²) in [5.74, 6) is 0.231. The average Bonchev–Trinajstić information content (AvgIpc) is 2.65. The zero-order valence-electron chi connectivity index (χ0n) is 8.61. The van der Waals surface area contributed by atoms with Gasteiger partial charge in [0, 0.05) is 28.2 Å². The van der Waals surface area contributed by atoms with Crippen LogP contribution in [-0.4, -0.2) is 15.8 Å². The number of aromatic nitrogens is 2. The maximum Gasteiger partial charge on any atom is 0.205 e. The first-order valence-electron chi connectivity index (χ1n) is 4.70. The van der Waals surface area contributed by atoms with Crippen molar-refractivity contribution in [3.8, 4) is 0 Å². The highest BCUT2D eigenvalue weighted by atomic mass is 79.9. The molecule has 3 nitrogen and oxygen atoms in total. The molecule has 5 heteroatoms. The topological polar surface area (TPSA) is 42.9 Å². The third-order valence-electron chi connectivity index (χ3n) is 2.04. The van der Waals surface area contributed by atoms with E-state index in [1.165, 1.54) is 0 Å². The van der Waals surface area contributed by atoms with E-state index < -0.39 is 0 Å². The van der Waals surface area contributed by atoms with E-state index in [0.717, 1.165) is 14.9 Å². The number of thiophene rings is 1. The van der Waals surface area contributed by atoms with Gasteiger partial charge in [0.05, 0.1) is 0 Å². The van der Waals surface area contributed by atoms with Crippen molar-refractivity contribution in [2.45, 2.75) is 13.3 Å². The lowest BCUT2D eigenvalue weighted by atomic mass is 10.2. The van der Waals surface area contributed by atoms with Gasteiger partial charge < -0.3 is 0 Å². The lowest BCUT2D eigenvalue weighted by Crippen LogP contribution is -2.07. The molecule has 0 N–H and O–H groups in total. The Bertz CT molecular complexity index is 507. The van der Waals surface area contributed by atoms with E-state index in [4.69, 9.17) is 0 Å². The van der Waals surface area contributed by atoms with Crippen LogP contribution >= 0.6 is 27.3 Å². The number of hydrogen-bond acceptors (Lipinski definition) is 4. The Hall–Kier alpha value is -1.07. The number of nitrogens with zero attached hydrogens (tertiary/aromatic N) is 2. The summed E-state index contributed by atoms with van der Waals surface area (Å²) in [7, 11) is 0. The Morgan fingerprint density at radius 2 is 2.12 bits per heavy atom. The minimum atomic E-state index is -0.0526. The molecule has 0 aromatic carbocycles. The Balaban J connectivity index is 2.15. The molecule has 16 heavy (non-hydrogen) atoms. The van der Waals surface area contributed by atoms with E-state index in [1.54, 1.807) is 23.7 Å². The van der Waals surface area contributed by atoms with E-state index in [9.17, 15) is 4.79 Å². The summed E-state index contributed by atoms with van der Waals surface area (Å²) in [6.07, 6.45) is 3.66. The molecule has 0 aliphatic heterocycles. The average molecular weight is 297 g/mol. The number of halogens is 1. The Morgan fingerprint density at radius 1 is 1.44 bits per heavy atom. The summed E-state index contributed by atoms with van der Waals surface area (Å²) in [4.78, 5) is 20.9. The Morgan fingerprint density at radius 3 is 2.69 bits per heavy atom. The van der Waals surface area contributed by atoms with E-state index in [1.807, 2.05) is 18.4 Å². The van der Waals surface area contributed by atoms with Crippen LogP contribution in [0.15, 0.2) is 28.3 Å². The molecule has 2 rings (SSSR count). The Labute approximate surface area is 106 Å². The van der Waals surface area contributed by atoms with Crippen molar-refractivity contribution >= 4 is 33.0 Å². The van der Waals surface area contributed by atoms with Gasteiger partial charge in [-0.2, -0.15) is 0 Å². The second-order valence-electron chi connectivity index (χ2n) is 3.38. The van der Waals surface area contributed by atoms with Crippen molar-refractivity contribution < 1.29 is 4.79 Å². The smallest absolute Gasteiger partial charge is 0.205 e. The third-order valence-corrected chi connectivity index (χ3v) is 3.97. The quantitative estimate of drug-likeness (QED) is 0.818. The number of Topliss-reactive ketones (excluding diaryl/α,β-unsaturated/α-hetero) is 1. The van der Waals surface area contributed by atoms with Crippen LogP contribution in [0.25, 0.3) is 0 Å². The van der Waals surface area contributed by atoms with Crippen molar-refractivity contribution in [3.63, 3.8) is 0 Å². The molecular weight excluding hydrogens is 288 g/mol. The van der Waals surface area contributed by atoms with Crippen LogP contribution in [0, 0.1) is 6.92 Å². The molecule has 0 saturated carbocycles. The molecule has 0 radical (unpaired) electrons. The molecule has 2 aromatic heterocycles. The first kappa shape index (κ1) is 11.4. The van der Waals surface area contributed by atoms with Gasteiger partial charge in [-0.25, -0.2) is 9.97 Å². The standard InChI is InChI=1S/C11H9BrN2OS/c1-7-5-13-11(14-6-7)9(15)4-10-8(12)2-3-16-10/h2-3,5-6H,4H2,1H3. The maximum atomic E-state index is 11.8. The first-order chi connectivity index (χ1) is 7.66. The fourth-order valence-electron chi connectivity index (χ4n) is 1.21. The van der Waals surface area contributed by atoms with E-state index >= 15 is 0 Å². The molecule has 0 aliphatic carbocycles. The lowest BCUT2D eigenvalue weighted by molar-refractivity contribution is 0.0983. The molecule has 2 aromatic rings. The maximum absolute atomic E-state index is 11.8. The minimum absolute atomic E-state index is 0.0526. The molecule has 2 heterocycles. The Kier molecular flexibility index (Phi) is 3.46. The van der Waals surface area contributed by atoms with Crippen LogP contribution < -0.4 is 0 Å². The van der Waals surface area contributed by atoms with E-state index in [2.05, 4.69) is 25.9 Å². The molecule has 0 spiro atoms. The van der Waals surface area contributed by atoms with Gasteiger partial charge in [-0.15, -0.1) is 11.3 Å². The molecule has 82 valence electrons. The number of aryl methyl sites for hydroxylation is 1. The van der Waals surface area contributed by atoms with Crippen LogP contribution in [0.2, 0.25) is 0 Å². The van der Waals surface area contributed by atoms with Crippen LogP contribution in [-0.2, 0) is 6.42 Å². The number of rotatable bonds is 3. The van der Waals surface area contributed by atoms with Gasteiger partial charge in [0.1, 0.15) is 0 Å². The highest BCUT2D eigenvalue weighted by molar-refractivity contribution is 9.10. The molecule has 0 atom stereocenters. The van der Waals surface area contributed by atoms with Crippen molar-refractivity contribution in [2.75, 3.05) is 0 Å². The molecule has 0 aliphatic rings. The van der Waals surface area contributed by atoms with Gasteiger partial charge in [0.2, 0.25) is 5.78 Å². The van der Waals surface area contributed by atoms with Gasteiger partial charge in [0.15, 0.2) is 5.82 Å². The van der Waals surface area contributed by atoms with Gasteiger partial charge in [-0.05, 0) is 39.9 Å². The predicted octanol–water partition coefficient (Wildman–Crippen LogP) is 3.03. The fraction of sp³-hybridized carbons (Fsp3) is 0.182. The fourth-order valence-corrected chi connectivity index (χ4v) is 2.70. The zero-order chi connectivity index (χ0) is 11.5. The van der Waals surface area contributed by atoms with Crippen LogP contribution in [0.5, 0.6) is 0 Å². The first-order valence-corrected chi connectivity index (χ1v) is 6.38. The summed E-state index contributed by atoms with van der Waals surface area (Å²) in [5, 5.41) is 1.95. The molecule has 0 saturated heterocycles. The van der Waals surface area contributed by atoms with Crippen molar-refractivity contribution in [2.24, 2.45) is 0 Å². The second-order valence-corrected chi connectivity index (χ2v) is 5.23. The molecule has 0 unspecified atom stereocenters. The normalized spacial score (nSPS) is 10.4. The number of hydrogen-bond donors (Lipinski definition) is 0. The number of carbonyl (C=O) groups is 1. The SMILES string of the molecule is Cc1cnc(C(=O)Cc2sccc2Br)nc1. The highest BCUT2D eigenvalue weighted by Gasteiger charge is 2.12. The van der Waals surface area contributed by atoms with Crippen molar-refractivity contribution in [3.05, 3.63) is 44.6 Å². The summed E-state index contributed by atoms with van der Waals surface area (Å²) in [6, 6.07) is 1.93. The monoisotopic (exact) mass is 296 g/mol. The third kappa shape index (κ3) is 2.54. The molecular formula is C11H9BrN2OS. The summed E-state index contributed by atoms with van der Waals surface area (Å²) >= 11 is 4.95. The summed E-state index contributed by atoms with van der Waals surface area (Å²) in [5.41, 5.74) is 0.953. The van der Waals surface area contributed by atoms with Gasteiger partial charge in [-0.1, -0.05) is 0 Å². The predicted molar refractivity (Wildman–Crippen MR) is 66.8 cm³/mol. The van der Waals surface area contributed by atoms with Gasteiger partial charge >= 0.3 is 0 Å². The highest BCUT2D eigenvalue weighted by Crippen LogP contribution is 2.23. The number of carbonyl (C=O) groups excluding carboxylic acids is 1. The lowest BCUT2D eigenvalue weighted by Gasteiger charge is -1.98. The van der Waals surface area contributed by atoms with Gasteiger partial charge in [-0.3, -0.25) is 4.79 Å². The molecule has 0 bridgehead atoms. The summed E-state index contributed by atoms with van der Waals surface area (Å²) < 4.78 is 0.970. The molecule has 0 fully saturated rings. The van der Waals surface area contributed by atoms with Crippen molar-refractivity contribution in [1.82, 2.24) is 9.97 Å². The number of ketones is 1. The van der Waals surface area contributed by atoms with Crippen LogP contribution in [0.1, 0.15) is 21.1 Å². The summed E-state index contributed by atoms with van der Waals surface area (Å²) in [6.45, 7) is 1.89. The van der Waals surface area contributed by atoms with Gasteiger partial charge in [0.25, 0.3) is 0 Å².